The van der Waals surface area contributed by atoms with E-state index in [0.29, 0.717) is 0 Å². The van der Waals surface area contributed by atoms with Crippen molar-refractivity contribution in [1.82, 2.24) is 15.2 Å². The highest BCUT2D eigenvalue weighted by Gasteiger charge is 2.18. The van der Waals surface area contributed by atoms with Crippen molar-refractivity contribution < 1.29 is 0 Å². The van der Waals surface area contributed by atoms with Crippen molar-refractivity contribution in [2.75, 3.05) is 19.6 Å². The summed E-state index contributed by atoms with van der Waals surface area (Å²) in [6.45, 7) is 6.85. The minimum absolute atomic E-state index is 0.743. The second-order valence-corrected chi connectivity index (χ2v) is 5.41. The van der Waals surface area contributed by atoms with Crippen molar-refractivity contribution >= 4 is 11.3 Å². The first-order valence-corrected chi connectivity index (χ1v) is 7.10. The number of aromatic nitrogens is 1. The molecule has 1 aromatic rings. The van der Waals surface area contributed by atoms with Crippen LogP contribution in [0.15, 0.2) is 11.6 Å². The summed E-state index contributed by atoms with van der Waals surface area (Å²) in [4.78, 5) is 6.86. The Kier molecular flexibility index (Phi) is 4.75. The third-order valence-corrected chi connectivity index (χ3v) is 3.88. The average Bonchev–Trinajstić information content (AvgIpc) is 2.81. The third-order valence-electron chi connectivity index (χ3n) is 3.11. The van der Waals surface area contributed by atoms with E-state index in [9.17, 15) is 0 Å². The Hall–Kier alpha value is -0.450. The molecule has 0 unspecified atom stereocenters. The molecule has 0 spiro atoms. The normalized spacial score (nSPS) is 19.1. The lowest BCUT2D eigenvalue weighted by atomic mass is 10.1. The first-order chi connectivity index (χ1) is 7.88. The molecule has 0 amide bonds. The first-order valence-electron chi connectivity index (χ1n) is 6.22. The Labute approximate surface area is 102 Å². The Bertz CT molecular complexity index is 278. The van der Waals surface area contributed by atoms with Crippen molar-refractivity contribution in [1.29, 1.82) is 0 Å². The van der Waals surface area contributed by atoms with E-state index in [2.05, 4.69) is 27.5 Å². The number of piperidine rings is 1. The number of hydrogen-bond acceptors (Lipinski definition) is 4. The summed E-state index contributed by atoms with van der Waals surface area (Å²) in [5.74, 6) is 0. The summed E-state index contributed by atoms with van der Waals surface area (Å²) in [6, 6.07) is 0.743. The summed E-state index contributed by atoms with van der Waals surface area (Å²) in [6.07, 6.45) is 5.70. The minimum atomic E-state index is 0.743. The van der Waals surface area contributed by atoms with Crippen LogP contribution in [0.1, 0.15) is 31.2 Å². The molecule has 0 radical (unpaired) electrons. The lowest BCUT2D eigenvalue weighted by Gasteiger charge is -2.31. The Morgan fingerprint density at radius 3 is 2.94 bits per heavy atom. The fraction of sp³-hybridized carbons (Fsp3) is 0.750. The Balaban J connectivity index is 1.69. The van der Waals surface area contributed by atoms with Gasteiger partial charge in [0.25, 0.3) is 0 Å². The molecule has 0 aliphatic carbocycles. The largest absolute Gasteiger partial charge is 0.314 e. The molecule has 4 heteroatoms. The molecule has 90 valence electrons. The number of nitrogens with zero attached hydrogens (tertiary/aromatic N) is 2. The van der Waals surface area contributed by atoms with Gasteiger partial charge in [0.1, 0.15) is 5.01 Å². The van der Waals surface area contributed by atoms with E-state index < -0.39 is 0 Å². The second kappa shape index (κ2) is 6.33. The van der Waals surface area contributed by atoms with Crippen LogP contribution >= 0.6 is 11.3 Å². The summed E-state index contributed by atoms with van der Waals surface area (Å²) in [5.41, 5.74) is 0. The zero-order chi connectivity index (χ0) is 11.2. The van der Waals surface area contributed by atoms with E-state index in [1.165, 1.54) is 37.4 Å². The molecule has 0 aromatic carbocycles. The summed E-state index contributed by atoms with van der Waals surface area (Å²) in [7, 11) is 0. The monoisotopic (exact) mass is 239 g/mol. The molecular weight excluding hydrogens is 218 g/mol. The Morgan fingerprint density at radius 1 is 1.50 bits per heavy atom. The SMILES string of the molecule is CCCNC1CCN(Cc2nccs2)CC1. The van der Waals surface area contributed by atoms with E-state index in [-0.39, 0.29) is 0 Å². The van der Waals surface area contributed by atoms with Crippen molar-refractivity contribution in [3.8, 4) is 0 Å². The average molecular weight is 239 g/mol. The summed E-state index contributed by atoms with van der Waals surface area (Å²) in [5, 5.41) is 6.92. The molecule has 0 atom stereocenters. The van der Waals surface area contributed by atoms with Crippen LogP contribution < -0.4 is 5.32 Å². The number of thiazole rings is 1. The van der Waals surface area contributed by atoms with E-state index >= 15 is 0 Å². The molecule has 16 heavy (non-hydrogen) atoms. The van der Waals surface area contributed by atoms with Crippen LogP contribution in [0.2, 0.25) is 0 Å². The van der Waals surface area contributed by atoms with Crippen molar-refractivity contribution in [2.45, 2.75) is 38.8 Å². The van der Waals surface area contributed by atoms with Crippen LogP contribution in [0.4, 0.5) is 0 Å². The van der Waals surface area contributed by atoms with Gasteiger partial charge in [-0.2, -0.15) is 0 Å². The predicted octanol–water partition coefficient (Wildman–Crippen LogP) is 2.11. The molecule has 1 aliphatic rings. The molecule has 1 saturated heterocycles. The van der Waals surface area contributed by atoms with Gasteiger partial charge in [0.15, 0.2) is 0 Å². The van der Waals surface area contributed by atoms with Crippen LogP contribution in [0.5, 0.6) is 0 Å². The highest BCUT2D eigenvalue weighted by Crippen LogP contribution is 2.14. The molecule has 1 N–H and O–H groups in total. The van der Waals surface area contributed by atoms with Crippen LogP contribution in [-0.4, -0.2) is 35.6 Å². The standard InChI is InChI=1S/C12H21N3S/c1-2-5-13-11-3-7-15(8-4-11)10-12-14-6-9-16-12/h6,9,11,13H,2-5,7-8,10H2,1H3. The van der Waals surface area contributed by atoms with E-state index in [1.54, 1.807) is 11.3 Å². The van der Waals surface area contributed by atoms with Gasteiger partial charge in [-0.1, -0.05) is 6.92 Å². The van der Waals surface area contributed by atoms with Crippen molar-refractivity contribution in [2.24, 2.45) is 0 Å². The molecule has 2 heterocycles. The highest BCUT2D eigenvalue weighted by molar-refractivity contribution is 7.09. The smallest absolute Gasteiger partial charge is 0.107 e. The minimum Gasteiger partial charge on any atom is -0.314 e. The number of likely N-dealkylation sites (tertiary alicyclic amines) is 1. The van der Waals surface area contributed by atoms with Gasteiger partial charge in [0.2, 0.25) is 0 Å². The molecule has 3 nitrogen and oxygen atoms in total. The fourth-order valence-electron chi connectivity index (χ4n) is 2.17. The van der Waals surface area contributed by atoms with Gasteiger partial charge >= 0.3 is 0 Å². The molecule has 1 aromatic heterocycles. The van der Waals surface area contributed by atoms with Gasteiger partial charge in [-0.15, -0.1) is 11.3 Å². The first kappa shape index (κ1) is 12.0. The highest BCUT2D eigenvalue weighted by atomic mass is 32.1. The zero-order valence-corrected chi connectivity index (χ0v) is 10.8. The van der Waals surface area contributed by atoms with E-state index in [0.717, 1.165) is 19.1 Å². The predicted molar refractivity (Wildman–Crippen MR) is 68.7 cm³/mol. The quantitative estimate of drug-likeness (QED) is 0.853. The zero-order valence-electron chi connectivity index (χ0n) is 9.98. The van der Waals surface area contributed by atoms with Crippen molar-refractivity contribution in [3.05, 3.63) is 16.6 Å². The molecule has 2 rings (SSSR count). The van der Waals surface area contributed by atoms with Gasteiger partial charge in [-0.05, 0) is 25.8 Å². The van der Waals surface area contributed by atoms with E-state index in [4.69, 9.17) is 0 Å². The van der Waals surface area contributed by atoms with Crippen LogP contribution in [-0.2, 0) is 6.54 Å². The Morgan fingerprint density at radius 2 is 2.31 bits per heavy atom. The van der Waals surface area contributed by atoms with Gasteiger partial charge in [0.05, 0.1) is 6.54 Å². The molecular formula is C12H21N3S. The van der Waals surface area contributed by atoms with Crippen LogP contribution in [0.3, 0.4) is 0 Å². The molecule has 1 aliphatic heterocycles. The maximum absolute atomic E-state index is 4.34. The summed E-state index contributed by atoms with van der Waals surface area (Å²) >= 11 is 1.76. The number of hydrogen-bond donors (Lipinski definition) is 1. The molecule has 1 fully saturated rings. The maximum atomic E-state index is 4.34. The van der Waals surface area contributed by atoms with E-state index in [1.807, 2.05) is 6.20 Å². The van der Waals surface area contributed by atoms with Crippen molar-refractivity contribution in [3.63, 3.8) is 0 Å². The van der Waals surface area contributed by atoms with Gasteiger partial charge < -0.3 is 5.32 Å². The topological polar surface area (TPSA) is 28.2 Å². The van der Waals surface area contributed by atoms with Gasteiger partial charge in [0, 0.05) is 30.7 Å². The third kappa shape index (κ3) is 3.54. The number of nitrogens with one attached hydrogen (secondary N) is 1. The van der Waals surface area contributed by atoms with Crippen LogP contribution in [0, 0.1) is 0 Å². The number of rotatable bonds is 5. The van der Waals surface area contributed by atoms with Gasteiger partial charge in [-0.3, -0.25) is 4.90 Å². The molecule has 0 saturated carbocycles. The van der Waals surface area contributed by atoms with Crippen LogP contribution in [0.25, 0.3) is 0 Å². The molecule has 0 bridgehead atoms. The second-order valence-electron chi connectivity index (χ2n) is 4.43. The van der Waals surface area contributed by atoms with Gasteiger partial charge in [-0.25, -0.2) is 4.98 Å². The lowest BCUT2D eigenvalue weighted by molar-refractivity contribution is 0.191. The fourth-order valence-corrected chi connectivity index (χ4v) is 2.82. The summed E-state index contributed by atoms with van der Waals surface area (Å²) < 4.78 is 0. The lowest BCUT2D eigenvalue weighted by Crippen LogP contribution is -2.42. The maximum Gasteiger partial charge on any atom is 0.107 e.